The quantitative estimate of drug-likeness (QED) is 0.271. The number of nitrogens with one attached hydrogen (secondary N) is 2. The molecule has 11 nitrogen and oxygen atoms in total. The summed E-state index contributed by atoms with van der Waals surface area (Å²) < 4.78 is 21.8. The highest BCUT2D eigenvalue weighted by Gasteiger charge is 2.44. The van der Waals surface area contributed by atoms with Crippen LogP contribution < -0.4 is 15.4 Å². The average molecular weight is 500 g/mol. The molecule has 2 aliphatic heterocycles. The van der Waals surface area contributed by atoms with Crippen LogP contribution in [0.1, 0.15) is 33.6 Å². The highest BCUT2D eigenvalue weighted by atomic mass is 35.5. The zero-order valence-corrected chi connectivity index (χ0v) is 19.8. The number of hydrogen-bond donors (Lipinski definition) is 2. The molecule has 1 atom stereocenters. The molecular weight excluding hydrogens is 470 g/mol. The first-order valence-corrected chi connectivity index (χ1v) is 10.9. The van der Waals surface area contributed by atoms with Gasteiger partial charge in [0.25, 0.3) is 11.8 Å². The van der Waals surface area contributed by atoms with Crippen molar-refractivity contribution in [1.82, 2.24) is 15.5 Å². The van der Waals surface area contributed by atoms with Crippen molar-refractivity contribution in [2.45, 2.75) is 18.9 Å². The fraction of sp³-hybridized carbons (Fsp3) is 0.545. The second-order valence-electron chi connectivity index (χ2n) is 7.44. The number of halogens is 1. The van der Waals surface area contributed by atoms with Crippen molar-refractivity contribution in [1.29, 1.82) is 0 Å². The fourth-order valence-corrected chi connectivity index (χ4v) is 3.47. The molecule has 0 radical (unpaired) electrons. The maximum atomic E-state index is 12.8. The molecule has 1 unspecified atom stereocenters. The predicted octanol–water partition coefficient (Wildman–Crippen LogP) is 0.158. The number of amides is 4. The molecule has 0 aromatic heterocycles. The molecule has 4 amide bonds. The Morgan fingerprint density at radius 2 is 1.53 bits per heavy atom. The van der Waals surface area contributed by atoms with Crippen molar-refractivity contribution in [3.05, 3.63) is 29.3 Å². The van der Waals surface area contributed by atoms with E-state index < -0.39 is 29.7 Å². The molecule has 2 N–H and O–H groups in total. The smallest absolute Gasteiger partial charge is 0.262 e. The number of nitrogens with zero attached hydrogens (tertiary/aromatic N) is 1. The van der Waals surface area contributed by atoms with Gasteiger partial charge in [-0.2, -0.15) is 0 Å². The molecule has 2 heterocycles. The number of hydrogen-bond acceptors (Lipinski definition) is 9. The van der Waals surface area contributed by atoms with E-state index in [1.165, 1.54) is 12.1 Å². The molecule has 188 valence electrons. The second kappa shape index (κ2) is 14.0. The number of likely N-dealkylation sites (N-methyl/N-ethyl adjacent to an activating group) is 1. The zero-order chi connectivity index (χ0) is 23.6. The summed E-state index contributed by atoms with van der Waals surface area (Å²) in [6.07, 6.45) is 0.192. The number of piperidine rings is 1. The lowest BCUT2D eigenvalue weighted by atomic mass is 10.0. The van der Waals surface area contributed by atoms with Crippen LogP contribution in [0.4, 0.5) is 0 Å². The highest BCUT2D eigenvalue weighted by molar-refractivity contribution is 6.23. The summed E-state index contributed by atoms with van der Waals surface area (Å²) >= 11 is 0. The Kier molecular flexibility index (Phi) is 11.4. The molecular formula is C22H30ClN3O8. The second-order valence-corrected chi connectivity index (χ2v) is 7.44. The highest BCUT2D eigenvalue weighted by Crippen LogP contribution is 2.30. The van der Waals surface area contributed by atoms with Crippen LogP contribution in [0.5, 0.6) is 5.75 Å². The van der Waals surface area contributed by atoms with Crippen LogP contribution in [0.3, 0.4) is 0 Å². The molecule has 0 aliphatic carbocycles. The molecule has 0 bridgehead atoms. The van der Waals surface area contributed by atoms with Crippen molar-refractivity contribution in [3.8, 4) is 5.75 Å². The molecule has 0 saturated carbocycles. The van der Waals surface area contributed by atoms with E-state index in [2.05, 4.69) is 10.6 Å². The fourth-order valence-electron chi connectivity index (χ4n) is 3.47. The summed E-state index contributed by atoms with van der Waals surface area (Å²) in [5.74, 6) is -1.75. The van der Waals surface area contributed by atoms with Crippen molar-refractivity contribution in [2.75, 3.05) is 59.8 Å². The van der Waals surface area contributed by atoms with Crippen LogP contribution in [0.15, 0.2) is 18.2 Å². The van der Waals surface area contributed by atoms with Crippen molar-refractivity contribution < 1.29 is 38.1 Å². The number of benzene rings is 1. The Morgan fingerprint density at radius 1 is 0.912 bits per heavy atom. The Balaban J connectivity index is 0.00000408. The molecule has 1 aromatic rings. The first-order chi connectivity index (χ1) is 16.0. The molecule has 1 fully saturated rings. The maximum Gasteiger partial charge on any atom is 0.262 e. The van der Waals surface area contributed by atoms with Gasteiger partial charge in [0.1, 0.15) is 18.4 Å². The third-order valence-electron chi connectivity index (χ3n) is 5.15. The van der Waals surface area contributed by atoms with Crippen molar-refractivity contribution in [2.24, 2.45) is 0 Å². The van der Waals surface area contributed by atoms with Crippen LogP contribution >= 0.6 is 12.4 Å². The van der Waals surface area contributed by atoms with Crippen LogP contribution in [-0.2, 0) is 23.8 Å². The summed E-state index contributed by atoms with van der Waals surface area (Å²) in [6.45, 7) is 3.92. The minimum absolute atomic E-state index is 0. The maximum absolute atomic E-state index is 12.8. The van der Waals surface area contributed by atoms with E-state index in [0.29, 0.717) is 45.4 Å². The third-order valence-corrected chi connectivity index (χ3v) is 5.15. The van der Waals surface area contributed by atoms with Crippen LogP contribution in [0, 0.1) is 0 Å². The van der Waals surface area contributed by atoms with E-state index in [1.54, 1.807) is 6.07 Å². The Morgan fingerprint density at radius 3 is 2.18 bits per heavy atom. The van der Waals surface area contributed by atoms with Gasteiger partial charge in [-0.25, -0.2) is 0 Å². The number of ether oxygens (including phenoxy) is 4. The molecule has 12 heteroatoms. The summed E-state index contributed by atoms with van der Waals surface area (Å²) in [4.78, 5) is 49.9. The van der Waals surface area contributed by atoms with Gasteiger partial charge >= 0.3 is 0 Å². The topological polar surface area (TPSA) is 132 Å². The van der Waals surface area contributed by atoms with E-state index in [9.17, 15) is 19.2 Å². The largest absolute Gasteiger partial charge is 0.491 e. The van der Waals surface area contributed by atoms with Crippen LogP contribution in [0.2, 0.25) is 0 Å². The van der Waals surface area contributed by atoms with E-state index in [1.807, 2.05) is 7.05 Å². The SMILES string of the molecule is CNCCOCCOCCOCCOc1ccc2c(c1)C(=O)N(C1CCC(=O)NC1=O)C2=O.Cl. The van der Waals surface area contributed by atoms with Gasteiger partial charge in [0.15, 0.2) is 0 Å². The molecule has 2 aliphatic rings. The van der Waals surface area contributed by atoms with Gasteiger partial charge in [-0.15, -0.1) is 12.4 Å². The average Bonchev–Trinajstić information content (AvgIpc) is 3.04. The number of carbonyl (C=O) groups is 4. The Labute approximate surface area is 203 Å². The summed E-state index contributed by atoms with van der Waals surface area (Å²) in [6, 6.07) is 3.59. The molecule has 1 aromatic carbocycles. The van der Waals surface area contributed by atoms with Crippen molar-refractivity contribution in [3.63, 3.8) is 0 Å². The van der Waals surface area contributed by atoms with E-state index in [0.717, 1.165) is 11.4 Å². The zero-order valence-electron chi connectivity index (χ0n) is 19.0. The summed E-state index contributed by atoms with van der Waals surface area (Å²) in [7, 11) is 1.86. The molecule has 1 saturated heterocycles. The summed E-state index contributed by atoms with van der Waals surface area (Å²) in [5.41, 5.74) is 0.383. The lowest BCUT2D eigenvalue weighted by Gasteiger charge is -2.27. The third kappa shape index (κ3) is 7.21. The number of rotatable bonds is 14. The number of fused-ring (bicyclic) bond motifs is 1. The summed E-state index contributed by atoms with van der Waals surface area (Å²) in [5, 5.41) is 5.16. The van der Waals surface area contributed by atoms with Crippen molar-refractivity contribution >= 4 is 36.0 Å². The Hall–Kier alpha value is -2.57. The monoisotopic (exact) mass is 499 g/mol. The number of imide groups is 2. The van der Waals surface area contributed by atoms with E-state index >= 15 is 0 Å². The molecule has 3 rings (SSSR count). The first kappa shape index (κ1) is 27.7. The predicted molar refractivity (Wildman–Crippen MR) is 122 cm³/mol. The normalized spacial score (nSPS) is 17.4. The van der Waals surface area contributed by atoms with Gasteiger partial charge in [-0.05, 0) is 31.7 Å². The lowest BCUT2D eigenvalue weighted by Crippen LogP contribution is -2.54. The van der Waals surface area contributed by atoms with Gasteiger partial charge < -0.3 is 24.3 Å². The first-order valence-electron chi connectivity index (χ1n) is 10.9. The van der Waals surface area contributed by atoms with Gasteiger partial charge in [0.05, 0.1) is 50.8 Å². The molecule has 34 heavy (non-hydrogen) atoms. The van der Waals surface area contributed by atoms with Gasteiger partial charge in [-0.3, -0.25) is 29.4 Å². The minimum atomic E-state index is -0.991. The van der Waals surface area contributed by atoms with Gasteiger partial charge in [0.2, 0.25) is 11.8 Å². The standard InChI is InChI=1S/C22H29N3O8.ClH/c1-23-6-7-30-8-9-31-10-11-32-12-13-33-15-2-3-16-17(14-15)22(29)25(21(16)28)18-4-5-19(26)24-20(18)27;/h2-3,14,18,23H,4-13H2,1H3,(H,24,26,27);1H. The van der Waals surface area contributed by atoms with Gasteiger partial charge in [-0.1, -0.05) is 0 Å². The number of carbonyl (C=O) groups excluding carboxylic acids is 4. The molecule has 0 spiro atoms. The minimum Gasteiger partial charge on any atom is -0.491 e. The van der Waals surface area contributed by atoms with Crippen LogP contribution in [-0.4, -0.2) is 94.4 Å². The van der Waals surface area contributed by atoms with Gasteiger partial charge in [0, 0.05) is 13.0 Å². The van der Waals surface area contributed by atoms with Crippen LogP contribution in [0.25, 0.3) is 0 Å². The Bertz CT molecular complexity index is 882. The van der Waals surface area contributed by atoms with E-state index in [-0.39, 0.29) is 43.0 Å². The van der Waals surface area contributed by atoms with E-state index in [4.69, 9.17) is 18.9 Å². The lowest BCUT2D eigenvalue weighted by molar-refractivity contribution is -0.136.